The fraction of sp³-hybridized carbons (Fsp3) is 0.462. The first-order valence-electron chi connectivity index (χ1n) is 5.97. The Balaban J connectivity index is 2.89. The van der Waals surface area contributed by atoms with Crippen molar-refractivity contribution in [3.05, 3.63) is 29.3 Å². The van der Waals surface area contributed by atoms with Gasteiger partial charge in [0, 0.05) is 12.2 Å². The van der Waals surface area contributed by atoms with Crippen LogP contribution < -0.4 is 10.6 Å². The number of likely N-dealkylation sites (N-methyl/N-ethyl adjacent to an activating group) is 1. The summed E-state index contributed by atoms with van der Waals surface area (Å²) in [7, 11) is 0. The molecule has 0 saturated carbocycles. The molecule has 0 bridgehead atoms. The maximum atomic E-state index is 12.7. The summed E-state index contributed by atoms with van der Waals surface area (Å²) in [5.74, 6) is -0.253. The minimum atomic E-state index is -4.39. The number of hydrogen-bond acceptors (Lipinski definition) is 2. The molecule has 106 valence electrons. The molecule has 0 aliphatic heterocycles. The summed E-state index contributed by atoms with van der Waals surface area (Å²) in [6, 6.07) is 3.34. The van der Waals surface area contributed by atoms with Crippen molar-refractivity contribution in [1.82, 2.24) is 5.32 Å². The number of carbonyl (C=O) groups excluding carboxylic acids is 1. The van der Waals surface area contributed by atoms with Gasteiger partial charge in [-0.3, -0.25) is 4.79 Å². The van der Waals surface area contributed by atoms with Crippen LogP contribution in [0.5, 0.6) is 0 Å². The van der Waals surface area contributed by atoms with Crippen LogP contribution in [0.25, 0.3) is 0 Å². The number of nitrogens with one attached hydrogen (secondary N) is 2. The zero-order chi connectivity index (χ0) is 14.6. The molecule has 0 fully saturated rings. The number of carbonyl (C=O) groups is 1. The Labute approximate surface area is 110 Å². The molecule has 0 spiro atoms. The average Bonchev–Trinajstić information content (AvgIpc) is 2.30. The van der Waals surface area contributed by atoms with Crippen molar-refractivity contribution in [2.45, 2.75) is 33.0 Å². The first kappa shape index (κ1) is 15.3. The molecule has 1 aromatic rings. The van der Waals surface area contributed by atoms with Crippen molar-refractivity contribution in [3.8, 4) is 0 Å². The number of anilines is 1. The number of benzene rings is 1. The fourth-order valence-corrected chi connectivity index (χ4v) is 1.66. The van der Waals surface area contributed by atoms with Gasteiger partial charge in [-0.25, -0.2) is 0 Å². The zero-order valence-electron chi connectivity index (χ0n) is 11.1. The number of hydrogen-bond donors (Lipinski definition) is 2. The molecule has 1 amide bonds. The molecular weight excluding hydrogens is 257 g/mol. The highest BCUT2D eigenvalue weighted by Gasteiger charge is 2.32. The van der Waals surface area contributed by atoms with Crippen LogP contribution in [0.1, 0.15) is 25.0 Å². The van der Waals surface area contributed by atoms with Crippen molar-refractivity contribution in [2.75, 3.05) is 11.9 Å². The highest BCUT2D eigenvalue weighted by Crippen LogP contribution is 2.33. The van der Waals surface area contributed by atoms with Crippen LogP contribution >= 0.6 is 0 Å². The molecule has 1 unspecified atom stereocenters. The van der Waals surface area contributed by atoms with E-state index >= 15 is 0 Å². The van der Waals surface area contributed by atoms with Crippen LogP contribution in [0, 0.1) is 6.92 Å². The summed E-state index contributed by atoms with van der Waals surface area (Å²) in [6.45, 7) is 5.25. The Bertz CT molecular complexity index is 458. The fourth-order valence-electron chi connectivity index (χ4n) is 1.66. The monoisotopic (exact) mass is 274 g/mol. The van der Waals surface area contributed by atoms with E-state index in [4.69, 9.17) is 0 Å². The number of amides is 1. The lowest BCUT2D eigenvalue weighted by Crippen LogP contribution is -2.37. The molecule has 1 atom stereocenters. The molecule has 19 heavy (non-hydrogen) atoms. The smallest absolute Gasteiger partial charge is 0.374 e. The van der Waals surface area contributed by atoms with Gasteiger partial charge in [0.25, 0.3) is 0 Å². The van der Waals surface area contributed by atoms with Gasteiger partial charge in [-0.2, -0.15) is 13.2 Å². The highest BCUT2D eigenvalue weighted by atomic mass is 19.4. The third-order valence-corrected chi connectivity index (χ3v) is 2.67. The molecule has 0 saturated heterocycles. The molecule has 0 aliphatic rings. The van der Waals surface area contributed by atoms with Crippen molar-refractivity contribution in [1.29, 1.82) is 0 Å². The van der Waals surface area contributed by atoms with E-state index in [-0.39, 0.29) is 17.2 Å². The van der Waals surface area contributed by atoms with E-state index in [0.29, 0.717) is 6.54 Å². The van der Waals surface area contributed by atoms with Gasteiger partial charge in [0.2, 0.25) is 5.91 Å². The second-order valence-electron chi connectivity index (χ2n) is 4.29. The van der Waals surface area contributed by atoms with E-state index < -0.39 is 17.8 Å². The van der Waals surface area contributed by atoms with Crippen LogP contribution in [-0.2, 0) is 11.0 Å². The third kappa shape index (κ3) is 4.15. The van der Waals surface area contributed by atoms with Gasteiger partial charge >= 0.3 is 6.18 Å². The minimum absolute atomic E-state index is 0.156. The van der Waals surface area contributed by atoms with Gasteiger partial charge in [0.05, 0.1) is 5.56 Å². The maximum Gasteiger partial charge on any atom is 0.416 e. The number of halogens is 3. The Kier molecular flexibility index (Phi) is 4.80. The van der Waals surface area contributed by atoms with Crippen LogP contribution in [-0.4, -0.2) is 18.5 Å². The normalized spacial score (nSPS) is 12.9. The highest BCUT2D eigenvalue weighted by molar-refractivity contribution is 5.84. The van der Waals surface area contributed by atoms with Gasteiger partial charge in [0.15, 0.2) is 0 Å². The minimum Gasteiger partial charge on any atom is -0.374 e. The van der Waals surface area contributed by atoms with E-state index in [1.165, 1.54) is 19.1 Å². The lowest BCUT2D eigenvalue weighted by atomic mass is 10.1. The standard InChI is InChI=1S/C13H17F3N2O/c1-4-17-12(19)9(3)18-10-6-5-8(2)11(7-10)13(14,15)16/h5-7,9,18H,4H2,1-3H3,(H,17,19). The van der Waals surface area contributed by atoms with E-state index in [1.54, 1.807) is 13.8 Å². The van der Waals surface area contributed by atoms with E-state index in [0.717, 1.165) is 6.07 Å². The van der Waals surface area contributed by atoms with Gasteiger partial charge in [0.1, 0.15) is 6.04 Å². The topological polar surface area (TPSA) is 41.1 Å². The molecule has 3 nitrogen and oxygen atoms in total. The molecule has 0 aliphatic carbocycles. The first-order chi connectivity index (χ1) is 8.75. The summed E-state index contributed by atoms with van der Waals surface area (Å²) >= 11 is 0. The van der Waals surface area contributed by atoms with E-state index in [2.05, 4.69) is 10.6 Å². The van der Waals surface area contributed by atoms with Crippen LogP contribution in [0.2, 0.25) is 0 Å². The number of alkyl halides is 3. The lowest BCUT2D eigenvalue weighted by molar-refractivity contribution is -0.138. The molecule has 6 heteroatoms. The van der Waals surface area contributed by atoms with Gasteiger partial charge < -0.3 is 10.6 Å². The second kappa shape index (κ2) is 5.95. The second-order valence-corrected chi connectivity index (χ2v) is 4.29. The Hall–Kier alpha value is -1.72. The summed E-state index contributed by atoms with van der Waals surface area (Å²) in [5.41, 5.74) is -0.263. The summed E-state index contributed by atoms with van der Waals surface area (Å²) in [5, 5.41) is 5.35. The molecule has 0 radical (unpaired) electrons. The number of rotatable bonds is 4. The summed E-state index contributed by atoms with van der Waals surface area (Å²) in [6.07, 6.45) is -4.39. The quantitative estimate of drug-likeness (QED) is 0.886. The maximum absolute atomic E-state index is 12.7. The van der Waals surface area contributed by atoms with Crippen molar-refractivity contribution in [2.24, 2.45) is 0 Å². The van der Waals surface area contributed by atoms with Crippen molar-refractivity contribution in [3.63, 3.8) is 0 Å². The third-order valence-electron chi connectivity index (χ3n) is 2.67. The van der Waals surface area contributed by atoms with Crippen LogP contribution in [0.4, 0.5) is 18.9 Å². The Morgan fingerprint density at radius 1 is 1.37 bits per heavy atom. The van der Waals surface area contributed by atoms with E-state index in [9.17, 15) is 18.0 Å². The molecule has 0 aromatic heterocycles. The predicted octanol–water partition coefficient (Wildman–Crippen LogP) is 2.95. The SMILES string of the molecule is CCNC(=O)C(C)Nc1ccc(C)c(C(F)(F)F)c1. The number of aryl methyl sites for hydroxylation is 1. The molecule has 2 N–H and O–H groups in total. The van der Waals surface area contributed by atoms with Gasteiger partial charge in [-0.15, -0.1) is 0 Å². The summed E-state index contributed by atoms with van der Waals surface area (Å²) in [4.78, 5) is 11.5. The lowest BCUT2D eigenvalue weighted by Gasteiger charge is -2.17. The molecular formula is C13H17F3N2O. The predicted molar refractivity (Wildman–Crippen MR) is 67.9 cm³/mol. The Morgan fingerprint density at radius 3 is 2.53 bits per heavy atom. The molecule has 1 aromatic carbocycles. The average molecular weight is 274 g/mol. The van der Waals surface area contributed by atoms with Crippen molar-refractivity contribution >= 4 is 11.6 Å². The van der Waals surface area contributed by atoms with Gasteiger partial charge in [-0.1, -0.05) is 6.07 Å². The van der Waals surface area contributed by atoms with Crippen LogP contribution in [0.15, 0.2) is 18.2 Å². The van der Waals surface area contributed by atoms with Crippen LogP contribution in [0.3, 0.4) is 0 Å². The zero-order valence-corrected chi connectivity index (χ0v) is 11.1. The Morgan fingerprint density at radius 2 is 2.00 bits per heavy atom. The van der Waals surface area contributed by atoms with Gasteiger partial charge in [-0.05, 0) is 38.5 Å². The first-order valence-corrected chi connectivity index (χ1v) is 5.97. The molecule has 0 heterocycles. The summed E-state index contributed by atoms with van der Waals surface area (Å²) < 4.78 is 38.2. The molecule has 1 rings (SSSR count). The largest absolute Gasteiger partial charge is 0.416 e. The van der Waals surface area contributed by atoms with Crippen molar-refractivity contribution < 1.29 is 18.0 Å². The van der Waals surface area contributed by atoms with E-state index in [1.807, 2.05) is 0 Å².